The zero-order valence-corrected chi connectivity index (χ0v) is 11.7. The largest absolute Gasteiger partial charge is 0.382 e. The summed E-state index contributed by atoms with van der Waals surface area (Å²) in [4.78, 5) is 4.02. The number of nitrogens with zero attached hydrogens (tertiary/aromatic N) is 3. The van der Waals surface area contributed by atoms with Crippen molar-refractivity contribution in [2.45, 2.75) is 6.54 Å². The first kappa shape index (κ1) is 12.7. The molecular formula is C14H15N5S. The average molecular weight is 285 g/mol. The lowest BCUT2D eigenvalue weighted by Crippen LogP contribution is -2.08. The van der Waals surface area contributed by atoms with Gasteiger partial charge in [0.05, 0.1) is 11.9 Å². The molecule has 0 unspecified atom stereocenters. The lowest BCUT2D eigenvalue weighted by molar-refractivity contribution is 0.728. The normalized spacial score (nSPS) is 10.6. The Balaban J connectivity index is 1.74. The summed E-state index contributed by atoms with van der Waals surface area (Å²) in [7, 11) is 0. The molecule has 0 radical (unpaired) electrons. The van der Waals surface area contributed by atoms with Crippen LogP contribution in [0.15, 0.2) is 49.1 Å². The minimum Gasteiger partial charge on any atom is -0.382 e. The summed E-state index contributed by atoms with van der Waals surface area (Å²) in [5.74, 6) is 0.575. The molecule has 3 N–H and O–H groups in total. The van der Waals surface area contributed by atoms with Crippen molar-refractivity contribution in [2.75, 3.05) is 17.6 Å². The van der Waals surface area contributed by atoms with E-state index in [0.29, 0.717) is 5.82 Å². The first-order valence-electron chi connectivity index (χ1n) is 6.35. The highest BCUT2D eigenvalue weighted by molar-refractivity contribution is 7.11. The Labute approximate surface area is 121 Å². The van der Waals surface area contributed by atoms with Crippen LogP contribution in [0.3, 0.4) is 0 Å². The quantitative estimate of drug-likeness (QED) is 0.756. The fourth-order valence-corrected chi connectivity index (χ4v) is 2.79. The number of hydrogen-bond acceptors (Lipinski definition) is 5. The molecule has 0 saturated carbocycles. The van der Waals surface area contributed by atoms with Crippen LogP contribution >= 0.6 is 11.5 Å². The Morgan fingerprint density at radius 3 is 2.85 bits per heavy atom. The van der Waals surface area contributed by atoms with Crippen molar-refractivity contribution in [3.63, 3.8) is 0 Å². The van der Waals surface area contributed by atoms with Crippen molar-refractivity contribution in [1.82, 2.24) is 13.9 Å². The Bertz CT molecular complexity index is 660. The van der Waals surface area contributed by atoms with Crippen molar-refractivity contribution in [3.05, 3.63) is 49.1 Å². The van der Waals surface area contributed by atoms with E-state index in [2.05, 4.69) is 14.7 Å². The molecule has 0 bridgehead atoms. The van der Waals surface area contributed by atoms with Gasteiger partial charge in [0.1, 0.15) is 10.8 Å². The smallest absolute Gasteiger partial charge is 0.147 e. The van der Waals surface area contributed by atoms with Gasteiger partial charge in [-0.2, -0.15) is 4.37 Å². The first-order chi connectivity index (χ1) is 9.84. The Morgan fingerprint density at radius 1 is 1.25 bits per heavy atom. The second-order valence-corrected chi connectivity index (χ2v) is 5.14. The van der Waals surface area contributed by atoms with E-state index in [9.17, 15) is 0 Å². The van der Waals surface area contributed by atoms with Gasteiger partial charge in [-0.25, -0.2) is 4.98 Å². The van der Waals surface area contributed by atoms with E-state index in [-0.39, 0.29) is 0 Å². The van der Waals surface area contributed by atoms with E-state index in [1.54, 1.807) is 12.5 Å². The maximum Gasteiger partial charge on any atom is 0.147 e. The van der Waals surface area contributed by atoms with Gasteiger partial charge in [0, 0.05) is 25.5 Å². The monoisotopic (exact) mass is 285 g/mol. The maximum atomic E-state index is 5.98. The van der Waals surface area contributed by atoms with Crippen molar-refractivity contribution < 1.29 is 0 Å². The highest BCUT2D eigenvalue weighted by Gasteiger charge is 2.12. The number of nitrogens with two attached hydrogens (primary N) is 1. The number of aromatic nitrogens is 3. The van der Waals surface area contributed by atoms with Gasteiger partial charge in [-0.1, -0.05) is 30.3 Å². The van der Waals surface area contributed by atoms with Gasteiger partial charge in [-0.15, -0.1) is 0 Å². The predicted molar refractivity (Wildman–Crippen MR) is 82.7 cm³/mol. The number of anilines is 2. The SMILES string of the molecule is Nc1nsc(NCCn2ccnc2)c1-c1ccccc1. The molecule has 0 aliphatic carbocycles. The zero-order valence-electron chi connectivity index (χ0n) is 10.9. The van der Waals surface area contributed by atoms with Crippen LogP contribution in [0.25, 0.3) is 11.1 Å². The number of nitrogens with one attached hydrogen (secondary N) is 1. The third-order valence-electron chi connectivity index (χ3n) is 3.00. The van der Waals surface area contributed by atoms with Crippen LogP contribution in [0.4, 0.5) is 10.8 Å². The lowest BCUT2D eigenvalue weighted by atomic mass is 10.1. The zero-order chi connectivity index (χ0) is 13.8. The second kappa shape index (κ2) is 5.75. The van der Waals surface area contributed by atoms with Crippen molar-refractivity contribution in [3.8, 4) is 11.1 Å². The molecular weight excluding hydrogens is 270 g/mol. The van der Waals surface area contributed by atoms with Gasteiger partial charge in [0.25, 0.3) is 0 Å². The van der Waals surface area contributed by atoms with Crippen LogP contribution in [0.2, 0.25) is 0 Å². The highest BCUT2D eigenvalue weighted by Crippen LogP contribution is 2.36. The minimum atomic E-state index is 0.575. The molecule has 2 aromatic heterocycles. The van der Waals surface area contributed by atoms with Crippen LogP contribution in [-0.2, 0) is 6.54 Å². The van der Waals surface area contributed by atoms with Gasteiger partial charge in [0.15, 0.2) is 0 Å². The van der Waals surface area contributed by atoms with E-state index in [1.807, 2.05) is 41.1 Å². The van der Waals surface area contributed by atoms with Crippen LogP contribution in [0.5, 0.6) is 0 Å². The number of benzene rings is 1. The molecule has 20 heavy (non-hydrogen) atoms. The molecule has 0 spiro atoms. The lowest BCUT2D eigenvalue weighted by Gasteiger charge is -2.07. The number of hydrogen-bond donors (Lipinski definition) is 2. The van der Waals surface area contributed by atoms with Crippen molar-refractivity contribution >= 4 is 22.4 Å². The molecule has 102 valence electrons. The fourth-order valence-electron chi connectivity index (χ4n) is 2.02. The highest BCUT2D eigenvalue weighted by atomic mass is 32.1. The molecule has 0 saturated heterocycles. The van der Waals surface area contributed by atoms with Crippen molar-refractivity contribution in [1.29, 1.82) is 0 Å². The Hall–Kier alpha value is -2.34. The summed E-state index contributed by atoms with van der Waals surface area (Å²) in [6.07, 6.45) is 5.53. The van der Waals surface area contributed by atoms with Crippen LogP contribution in [0.1, 0.15) is 0 Å². The molecule has 6 heteroatoms. The van der Waals surface area contributed by atoms with Gasteiger partial charge in [-0.3, -0.25) is 0 Å². The average Bonchev–Trinajstić information content (AvgIpc) is 3.10. The third-order valence-corrected chi connectivity index (χ3v) is 3.81. The van der Waals surface area contributed by atoms with Crippen LogP contribution in [-0.4, -0.2) is 20.5 Å². The molecule has 1 aromatic carbocycles. The summed E-state index contributed by atoms with van der Waals surface area (Å²) in [6.45, 7) is 1.66. The third kappa shape index (κ3) is 2.65. The number of rotatable bonds is 5. The predicted octanol–water partition coefficient (Wildman–Crippen LogP) is 2.70. The summed E-state index contributed by atoms with van der Waals surface area (Å²) in [5.41, 5.74) is 8.06. The van der Waals surface area contributed by atoms with Gasteiger partial charge < -0.3 is 15.6 Å². The summed E-state index contributed by atoms with van der Waals surface area (Å²) < 4.78 is 6.27. The molecule has 0 amide bonds. The number of imidazole rings is 1. The van der Waals surface area contributed by atoms with E-state index in [4.69, 9.17) is 5.73 Å². The Morgan fingerprint density at radius 2 is 2.10 bits per heavy atom. The van der Waals surface area contributed by atoms with Crippen molar-refractivity contribution in [2.24, 2.45) is 0 Å². The fraction of sp³-hybridized carbons (Fsp3) is 0.143. The van der Waals surface area contributed by atoms with Gasteiger partial charge in [0.2, 0.25) is 0 Å². The second-order valence-electron chi connectivity index (χ2n) is 4.37. The molecule has 0 fully saturated rings. The summed E-state index contributed by atoms with van der Waals surface area (Å²) in [5, 5.41) is 4.41. The molecule has 0 aliphatic rings. The standard InChI is InChI=1S/C14H15N5S/c15-13-12(11-4-2-1-3-5-11)14(20-18-13)17-7-9-19-8-6-16-10-19/h1-6,8,10,17H,7,9H2,(H2,15,18). The molecule has 2 heterocycles. The minimum absolute atomic E-state index is 0.575. The molecule has 5 nitrogen and oxygen atoms in total. The van der Waals surface area contributed by atoms with E-state index in [0.717, 1.165) is 29.2 Å². The maximum absolute atomic E-state index is 5.98. The Kier molecular flexibility index (Phi) is 3.64. The van der Waals surface area contributed by atoms with Crippen LogP contribution in [0, 0.1) is 0 Å². The number of nitrogen functional groups attached to an aromatic ring is 1. The van der Waals surface area contributed by atoms with E-state index >= 15 is 0 Å². The van der Waals surface area contributed by atoms with E-state index < -0.39 is 0 Å². The van der Waals surface area contributed by atoms with Crippen LogP contribution < -0.4 is 11.1 Å². The first-order valence-corrected chi connectivity index (χ1v) is 7.12. The van der Waals surface area contributed by atoms with Gasteiger partial charge in [-0.05, 0) is 17.1 Å². The molecule has 3 rings (SSSR count). The molecule has 0 atom stereocenters. The topological polar surface area (TPSA) is 68.8 Å². The molecule has 3 aromatic rings. The van der Waals surface area contributed by atoms with Gasteiger partial charge >= 0.3 is 0 Å². The molecule has 0 aliphatic heterocycles. The summed E-state index contributed by atoms with van der Waals surface area (Å²) in [6, 6.07) is 10.1. The van der Waals surface area contributed by atoms with E-state index in [1.165, 1.54) is 11.5 Å². The summed E-state index contributed by atoms with van der Waals surface area (Å²) >= 11 is 1.40.